The van der Waals surface area contributed by atoms with Crippen LogP contribution in [0.5, 0.6) is 0 Å². The van der Waals surface area contributed by atoms with E-state index in [0.29, 0.717) is 13.0 Å². The summed E-state index contributed by atoms with van der Waals surface area (Å²) in [6.07, 6.45) is 11.2. The van der Waals surface area contributed by atoms with Gasteiger partial charge in [0.15, 0.2) is 5.65 Å². The van der Waals surface area contributed by atoms with Gasteiger partial charge in [0.1, 0.15) is 11.6 Å². The van der Waals surface area contributed by atoms with Gasteiger partial charge in [0.05, 0.1) is 17.3 Å². The van der Waals surface area contributed by atoms with Crippen LogP contribution in [0.2, 0.25) is 0 Å². The maximum atomic E-state index is 12.4. The Morgan fingerprint density at radius 1 is 1.19 bits per heavy atom. The van der Waals surface area contributed by atoms with E-state index < -0.39 is 5.92 Å². The van der Waals surface area contributed by atoms with Crippen LogP contribution in [0.15, 0.2) is 49.3 Å². The number of anilines is 1. The molecule has 0 aliphatic carbocycles. The summed E-state index contributed by atoms with van der Waals surface area (Å²) in [7, 11) is 0. The molecule has 0 aromatic carbocycles. The Bertz CT molecular complexity index is 1200. The second-order valence-electron chi connectivity index (χ2n) is 6.17. The van der Waals surface area contributed by atoms with E-state index in [1.165, 1.54) is 0 Å². The molecule has 126 valence electrons. The summed E-state index contributed by atoms with van der Waals surface area (Å²) in [5, 5.41) is 13.5. The number of amides is 1. The molecule has 26 heavy (non-hydrogen) atoms. The largest absolute Gasteiger partial charge is 0.309 e. The molecule has 5 rings (SSSR count). The van der Waals surface area contributed by atoms with E-state index in [2.05, 4.69) is 21.1 Å². The van der Waals surface area contributed by atoms with Gasteiger partial charge in [0.25, 0.3) is 0 Å². The van der Waals surface area contributed by atoms with Gasteiger partial charge in [-0.2, -0.15) is 10.4 Å². The lowest BCUT2D eigenvalue weighted by molar-refractivity contribution is -0.118. The zero-order valence-corrected chi connectivity index (χ0v) is 13.6. The Hall–Kier alpha value is -3.73. The number of nitriles is 1. The van der Waals surface area contributed by atoms with E-state index in [-0.39, 0.29) is 5.91 Å². The third-order valence-electron chi connectivity index (χ3n) is 4.72. The zero-order chi connectivity index (χ0) is 17.7. The molecule has 1 amide bonds. The topological polar surface area (TPSA) is 91.6 Å². The van der Waals surface area contributed by atoms with Crippen molar-refractivity contribution in [3.63, 3.8) is 0 Å². The van der Waals surface area contributed by atoms with Crippen LogP contribution in [0.3, 0.4) is 0 Å². The first-order valence-corrected chi connectivity index (χ1v) is 8.23. The molecule has 1 aliphatic heterocycles. The maximum absolute atomic E-state index is 12.4. The molecule has 0 N–H and O–H groups in total. The lowest BCUT2D eigenvalue weighted by Gasteiger charge is -2.16. The number of imidazole rings is 1. The van der Waals surface area contributed by atoms with Crippen molar-refractivity contribution < 1.29 is 4.79 Å². The van der Waals surface area contributed by atoms with E-state index in [0.717, 1.165) is 28.1 Å². The lowest BCUT2D eigenvalue weighted by atomic mass is 10.1. The van der Waals surface area contributed by atoms with Crippen LogP contribution in [0, 0.1) is 17.2 Å². The van der Waals surface area contributed by atoms with E-state index in [4.69, 9.17) is 5.26 Å². The Balaban J connectivity index is 1.67. The predicted molar refractivity (Wildman–Crippen MR) is 93.2 cm³/mol. The van der Waals surface area contributed by atoms with Crippen molar-refractivity contribution in [3.8, 4) is 17.3 Å². The molecule has 4 aromatic heterocycles. The number of fused-ring (bicyclic) bond motifs is 2. The molecular formula is C18H13N7O. The average molecular weight is 343 g/mol. The van der Waals surface area contributed by atoms with Gasteiger partial charge in [-0.05, 0) is 18.6 Å². The average Bonchev–Trinajstić information content (AvgIpc) is 3.38. The van der Waals surface area contributed by atoms with Crippen molar-refractivity contribution in [1.29, 1.82) is 5.26 Å². The molecule has 0 bridgehead atoms. The molecule has 5 heterocycles. The normalized spacial score (nSPS) is 17.3. The first-order valence-electron chi connectivity index (χ1n) is 8.23. The molecule has 0 radical (unpaired) electrons. The van der Waals surface area contributed by atoms with Crippen LogP contribution < -0.4 is 4.90 Å². The number of rotatable bonds is 2. The van der Waals surface area contributed by atoms with E-state index >= 15 is 0 Å². The fourth-order valence-electron chi connectivity index (χ4n) is 3.45. The van der Waals surface area contributed by atoms with Crippen molar-refractivity contribution in [2.75, 3.05) is 11.4 Å². The second-order valence-corrected chi connectivity index (χ2v) is 6.17. The van der Waals surface area contributed by atoms with E-state index in [1.54, 1.807) is 34.1 Å². The predicted octanol–water partition coefficient (Wildman–Crippen LogP) is 1.92. The SMILES string of the molecule is N#CC1CCN(c2ccnn3cc(-c4nccn5ccnc45)cc23)C1=O. The first kappa shape index (κ1) is 14.6. The van der Waals surface area contributed by atoms with E-state index in [9.17, 15) is 4.79 Å². The van der Waals surface area contributed by atoms with Gasteiger partial charge in [0, 0.05) is 49.3 Å². The quantitative estimate of drug-likeness (QED) is 0.554. The zero-order valence-electron chi connectivity index (χ0n) is 13.6. The Morgan fingerprint density at radius 3 is 2.85 bits per heavy atom. The number of nitrogens with zero attached hydrogens (tertiary/aromatic N) is 7. The third-order valence-corrected chi connectivity index (χ3v) is 4.72. The number of hydrogen-bond acceptors (Lipinski definition) is 5. The van der Waals surface area contributed by atoms with Crippen LogP contribution in [-0.4, -0.2) is 36.4 Å². The highest BCUT2D eigenvalue weighted by atomic mass is 16.2. The minimum absolute atomic E-state index is 0.156. The van der Waals surface area contributed by atoms with Gasteiger partial charge in [-0.25, -0.2) is 9.50 Å². The lowest BCUT2D eigenvalue weighted by Crippen LogP contribution is -2.27. The molecular weight excluding hydrogens is 330 g/mol. The molecule has 0 spiro atoms. The third kappa shape index (κ3) is 2.01. The van der Waals surface area contributed by atoms with Gasteiger partial charge in [0.2, 0.25) is 5.91 Å². The molecule has 0 saturated carbocycles. The number of carbonyl (C=O) groups is 1. The summed E-state index contributed by atoms with van der Waals surface area (Å²) in [6, 6.07) is 5.83. The summed E-state index contributed by atoms with van der Waals surface area (Å²) < 4.78 is 3.63. The van der Waals surface area contributed by atoms with Crippen LogP contribution in [0.4, 0.5) is 5.69 Å². The molecule has 1 aliphatic rings. The van der Waals surface area contributed by atoms with E-state index in [1.807, 2.05) is 29.1 Å². The number of aromatic nitrogens is 5. The van der Waals surface area contributed by atoms with Crippen LogP contribution >= 0.6 is 0 Å². The molecule has 1 fully saturated rings. The summed E-state index contributed by atoms with van der Waals surface area (Å²) in [5.74, 6) is -0.727. The van der Waals surface area contributed by atoms with Crippen molar-refractivity contribution in [2.45, 2.75) is 6.42 Å². The second kappa shape index (κ2) is 5.39. The molecule has 8 heteroatoms. The summed E-state index contributed by atoms with van der Waals surface area (Å²) in [6.45, 7) is 0.533. The van der Waals surface area contributed by atoms with Gasteiger partial charge in [-0.1, -0.05) is 0 Å². The smallest absolute Gasteiger partial charge is 0.244 e. The van der Waals surface area contributed by atoms with Crippen molar-refractivity contribution in [1.82, 2.24) is 24.0 Å². The van der Waals surface area contributed by atoms with Crippen molar-refractivity contribution in [3.05, 3.63) is 49.3 Å². The minimum Gasteiger partial charge on any atom is -0.309 e. The highest BCUT2D eigenvalue weighted by Gasteiger charge is 2.33. The van der Waals surface area contributed by atoms with Crippen molar-refractivity contribution >= 4 is 22.8 Å². The summed E-state index contributed by atoms with van der Waals surface area (Å²) in [4.78, 5) is 22.9. The summed E-state index contributed by atoms with van der Waals surface area (Å²) >= 11 is 0. The van der Waals surface area contributed by atoms with Crippen molar-refractivity contribution in [2.24, 2.45) is 5.92 Å². The highest BCUT2D eigenvalue weighted by Crippen LogP contribution is 2.32. The monoisotopic (exact) mass is 343 g/mol. The van der Waals surface area contributed by atoms with Crippen LogP contribution in [-0.2, 0) is 4.79 Å². The molecule has 1 saturated heterocycles. The molecule has 1 unspecified atom stereocenters. The summed E-state index contributed by atoms with van der Waals surface area (Å²) in [5.41, 5.74) is 3.92. The molecule has 1 atom stereocenters. The number of hydrogen-bond donors (Lipinski definition) is 0. The highest BCUT2D eigenvalue weighted by molar-refractivity contribution is 6.02. The minimum atomic E-state index is -0.571. The van der Waals surface area contributed by atoms with Gasteiger partial charge in [-0.15, -0.1) is 0 Å². The Morgan fingerprint density at radius 2 is 2.04 bits per heavy atom. The Labute approximate surface area is 147 Å². The molecule has 8 nitrogen and oxygen atoms in total. The van der Waals surface area contributed by atoms with Crippen LogP contribution in [0.25, 0.3) is 22.4 Å². The number of carbonyl (C=O) groups excluding carboxylic acids is 1. The fraction of sp³-hybridized carbons (Fsp3) is 0.167. The van der Waals surface area contributed by atoms with Gasteiger partial charge < -0.3 is 9.30 Å². The van der Waals surface area contributed by atoms with Gasteiger partial charge in [-0.3, -0.25) is 9.78 Å². The van der Waals surface area contributed by atoms with Crippen LogP contribution in [0.1, 0.15) is 6.42 Å². The molecule has 4 aromatic rings. The standard InChI is InChI=1S/C18H13N7O/c19-10-12-2-6-24(18(12)26)14-1-3-22-25-11-13(9-15(14)25)16-17-21-5-8-23(17)7-4-20-16/h1,3-5,7-9,11-12H,2,6H2. The first-order chi connectivity index (χ1) is 12.8. The van der Waals surface area contributed by atoms with Gasteiger partial charge >= 0.3 is 0 Å². The maximum Gasteiger partial charge on any atom is 0.244 e. The Kier molecular flexibility index (Phi) is 3.03. The fourth-order valence-corrected chi connectivity index (χ4v) is 3.45.